The zero-order valence-electron chi connectivity index (χ0n) is 19.6. The van der Waals surface area contributed by atoms with Gasteiger partial charge < -0.3 is 33.4 Å². The molecule has 1 aromatic carbocycles. The van der Waals surface area contributed by atoms with Crippen LogP contribution in [-0.4, -0.2) is 59.8 Å². The molecule has 1 aliphatic heterocycles. The molecular weight excluding hydrogens is 439 g/mol. The molecule has 0 bridgehead atoms. The van der Waals surface area contributed by atoms with E-state index in [-0.39, 0.29) is 60.9 Å². The number of sulfonamides is 1. The van der Waals surface area contributed by atoms with Crippen molar-refractivity contribution in [3.63, 3.8) is 0 Å². The topological polar surface area (TPSA) is 135 Å². The average molecular weight is 469 g/mol. The Hall–Kier alpha value is -1.96. The number of H-pyrrole nitrogens is 1. The van der Waals surface area contributed by atoms with Crippen molar-refractivity contribution in [1.82, 2.24) is 14.3 Å². The zero-order chi connectivity index (χ0) is 22.6. The Balaban J connectivity index is 0.00000272. The normalized spacial score (nSPS) is 14.0. The van der Waals surface area contributed by atoms with E-state index >= 15 is 0 Å². The van der Waals surface area contributed by atoms with Crippen LogP contribution in [0.15, 0.2) is 27.9 Å². The Kier molecular flexibility index (Phi) is 11.0. The number of hydrogen-bond acceptors (Lipinski definition) is 6. The fourth-order valence-electron chi connectivity index (χ4n) is 3.40. The van der Waals surface area contributed by atoms with Crippen LogP contribution in [0.4, 0.5) is 0 Å². The van der Waals surface area contributed by atoms with Crippen LogP contribution in [0.2, 0.25) is 0 Å². The Bertz CT molecular complexity index is 1110. The maximum Gasteiger partial charge on any atom is 1.00 e. The number of aliphatic hydroxyl groups excluding tert-OH is 1. The van der Waals surface area contributed by atoms with Gasteiger partial charge in [0, 0.05) is 19.7 Å². The number of hydrogen-bond donors (Lipinski definition) is 2. The number of nitrogens with one attached hydrogen (secondary N) is 1. The van der Waals surface area contributed by atoms with Crippen molar-refractivity contribution in [1.29, 1.82) is 0 Å². The molecule has 2 N–H and O–H groups in total. The van der Waals surface area contributed by atoms with Crippen molar-refractivity contribution < 1.29 is 37.1 Å². The number of benzene rings is 1. The van der Waals surface area contributed by atoms with Crippen LogP contribution >= 0.6 is 0 Å². The van der Waals surface area contributed by atoms with Gasteiger partial charge in [0.25, 0.3) is 0 Å². The van der Waals surface area contributed by atoms with Crippen molar-refractivity contribution in [2.75, 3.05) is 26.3 Å². The van der Waals surface area contributed by atoms with Gasteiger partial charge >= 0.3 is 18.9 Å². The molecule has 1 aliphatic rings. The third-order valence-corrected chi connectivity index (χ3v) is 6.88. The van der Waals surface area contributed by atoms with Gasteiger partial charge in [0.15, 0.2) is 5.56 Å². The van der Waals surface area contributed by atoms with Crippen molar-refractivity contribution >= 4 is 15.7 Å². The minimum absolute atomic E-state index is 0. The number of rotatable bonds is 10. The molecule has 1 aromatic heterocycles. The smallest absolute Gasteiger partial charge is 0.906 e. The van der Waals surface area contributed by atoms with E-state index in [2.05, 4.69) is 16.0 Å². The maximum absolute atomic E-state index is 13.0. The number of aliphatic hydroxyl groups is 1. The molecule has 3 rings (SSSR count). The SMILES string of the molecule is CCCC(=[N-])c1[c-]c(=O)[nH]c(-c2cc(S(=O)(=O)N3CC(CCO)C3)ccc2OCC)n1.[CH3-].[Li+]. The average Bonchev–Trinajstić information content (AvgIpc) is 2.70. The van der Waals surface area contributed by atoms with Crippen molar-refractivity contribution in [2.24, 2.45) is 5.92 Å². The summed E-state index contributed by atoms with van der Waals surface area (Å²) in [6.45, 7) is 4.73. The molecule has 0 aliphatic carbocycles. The molecule has 0 spiro atoms. The molecule has 0 saturated carbocycles. The third kappa shape index (κ3) is 6.55. The molecule has 1 fully saturated rings. The summed E-state index contributed by atoms with van der Waals surface area (Å²) in [5, 5.41) is 19.2. The van der Waals surface area contributed by atoms with E-state index < -0.39 is 15.6 Å². The molecule has 176 valence electrons. The molecular formula is C22H29LiN4O5S-2. The number of aromatic amines is 1. The Morgan fingerprint density at radius 1 is 1.36 bits per heavy atom. The summed E-state index contributed by atoms with van der Waals surface area (Å²) >= 11 is 0. The van der Waals surface area contributed by atoms with Gasteiger partial charge in [-0.25, -0.2) is 8.42 Å². The number of ether oxygens (including phenoxy) is 1. The van der Waals surface area contributed by atoms with Crippen LogP contribution < -0.4 is 29.2 Å². The molecule has 0 atom stereocenters. The summed E-state index contributed by atoms with van der Waals surface area (Å²) in [6, 6.07) is 6.86. The first-order chi connectivity index (χ1) is 14.8. The van der Waals surface area contributed by atoms with Gasteiger partial charge in [0.1, 0.15) is 11.6 Å². The standard InChI is InChI=1S/C21H26N4O5S.CH3.Li/c1-3-5-17(22)18-11-20(27)24-21(23-18)16-10-15(6-7-19(16)30-4-2)31(28,29)25-12-14(13-25)8-9-26;;/h6-7,10,14,26H,3-5,8-9,12-13H2,1-2H3,(H,23,24,27);1H3;/q-2;-1;+1. The van der Waals surface area contributed by atoms with Gasteiger partial charge in [-0.15, -0.1) is 12.1 Å². The van der Waals surface area contributed by atoms with E-state index in [0.29, 0.717) is 50.3 Å². The van der Waals surface area contributed by atoms with Gasteiger partial charge in [-0.05, 0) is 37.5 Å². The van der Waals surface area contributed by atoms with E-state index in [1.807, 2.05) is 6.92 Å². The Labute approximate surface area is 207 Å². The first kappa shape index (κ1) is 29.1. The quantitative estimate of drug-likeness (QED) is 0.268. The van der Waals surface area contributed by atoms with E-state index in [4.69, 9.17) is 9.84 Å². The van der Waals surface area contributed by atoms with Crippen molar-refractivity contribution in [2.45, 2.75) is 38.0 Å². The summed E-state index contributed by atoms with van der Waals surface area (Å²) in [7, 11) is -3.75. The molecule has 9 nitrogen and oxygen atoms in total. The van der Waals surface area contributed by atoms with E-state index in [1.54, 1.807) is 6.92 Å². The second-order valence-electron chi connectivity index (χ2n) is 7.38. The fraction of sp³-hybridized carbons (Fsp3) is 0.455. The molecule has 2 aromatic rings. The number of aromatic nitrogens is 2. The predicted octanol–water partition coefficient (Wildman–Crippen LogP) is -0.748. The summed E-state index contributed by atoms with van der Waals surface area (Å²) in [6.07, 6.45) is 1.56. The van der Waals surface area contributed by atoms with Gasteiger partial charge in [0.05, 0.1) is 17.1 Å². The second-order valence-corrected chi connectivity index (χ2v) is 9.31. The zero-order valence-corrected chi connectivity index (χ0v) is 20.4. The largest absolute Gasteiger partial charge is 1.00 e. The summed E-state index contributed by atoms with van der Waals surface area (Å²) < 4.78 is 33.0. The van der Waals surface area contributed by atoms with E-state index in [0.717, 1.165) is 0 Å². The van der Waals surface area contributed by atoms with Crippen LogP contribution in [0.1, 0.15) is 38.8 Å². The van der Waals surface area contributed by atoms with Crippen LogP contribution in [0.25, 0.3) is 16.8 Å². The second kappa shape index (κ2) is 12.5. The van der Waals surface area contributed by atoms with Crippen LogP contribution in [0.5, 0.6) is 5.75 Å². The molecule has 11 heteroatoms. The summed E-state index contributed by atoms with van der Waals surface area (Å²) in [5.74, 6) is 0.589. The number of nitrogens with zero attached hydrogens (tertiary/aromatic N) is 3. The van der Waals surface area contributed by atoms with E-state index in [1.165, 1.54) is 22.5 Å². The Morgan fingerprint density at radius 2 is 2.06 bits per heavy atom. The molecule has 0 amide bonds. The van der Waals surface area contributed by atoms with Gasteiger partial charge in [-0.3, -0.25) is 9.78 Å². The first-order valence-electron chi connectivity index (χ1n) is 10.3. The molecule has 2 heterocycles. The minimum Gasteiger partial charge on any atom is -0.906 e. The van der Waals surface area contributed by atoms with E-state index in [9.17, 15) is 18.6 Å². The summed E-state index contributed by atoms with van der Waals surface area (Å²) in [5.41, 5.74) is -0.335. The Morgan fingerprint density at radius 3 is 2.67 bits per heavy atom. The van der Waals surface area contributed by atoms with Crippen molar-refractivity contribution in [3.8, 4) is 17.1 Å². The van der Waals surface area contributed by atoms with Gasteiger partial charge in [-0.1, -0.05) is 13.3 Å². The maximum atomic E-state index is 13.0. The molecule has 1 saturated heterocycles. The van der Waals surface area contributed by atoms with Crippen LogP contribution in [0.3, 0.4) is 0 Å². The van der Waals surface area contributed by atoms with Crippen molar-refractivity contribution in [3.05, 3.63) is 53.1 Å². The predicted molar refractivity (Wildman–Crippen MR) is 123 cm³/mol. The summed E-state index contributed by atoms with van der Waals surface area (Å²) in [4.78, 5) is 19.0. The molecule has 33 heavy (non-hydrogen) atoms. The fourth-order valence-corrected chi connectivity index (χ4v) is 5.02. The monoisotopic (exact) mass is 468 g/mol. The third-order valence-electron chi connectivity index (χ3n) is 5.05. The van der Waals surface area contributed by atoms with Crippen LogP contribution in [0, 0.1) is 19.4 Å². The molecule has 0 unspecified atom stereocenters. The van der Waals surface area contributed by atoms with Gasteiger partial charge in [0.2, 0.25) is 10.0 Å². The molecule has 0 radical (unpaired) electrons. The van der Waals surface area contributed by atoms with Crippen LogP contribution in [-0.2, 0) is 10.0 Å². The van der Waals surface area contributed by atoms with Gasteiger partial charge in [-0.2, -0.15) is 10.4 Å². The first-order valence-corrected chi connectivity index (χ1v) is 11.7. The minimum atomic E-state index is -3.75.